The molecule has 0 radical (unpaired) electrons. The van der Waals surface area contributed by atoms with Crippen molar-refractivity contribution in [2.75, 3.05) is 13.2 Å². The van der Waals surface area contributed by atoms with Crippen LogP contribution in [0.5, 0.6) is 11.5 Å². The number of aliphatic hydroxyl groups is 1. The zero-order valence-corrected chi connectivity index (χ0v) is 15.5. The first-order valence-corrected chi connectivity index (χ1v) is 9.41. The molecular weight excluding hydrogens is 358 g/mol. The fraction of sp³-hybridized carbons (Fsp3) is 0.381. The van der Waals surface area contributed by atoms with E-state index in [9.17, 15) is 20.5 Å². The van der Waals surface area contributed by atoms with Gasteiger partial charge in [0.05, 0.1) is 11.0 Å². The summed E-state index contributed by atoms with van der Waals surface area (Å²) in [5.41, 5.74) is 0.905. The predicted octanol–water partition coefficient (Wildman–Crippen LogP) is 4.19. The van der Waals surface area contributed by atoms with Crippen LogP contribution in [0.25, 0.3) is 0 Å². The van der Waals surface area contributed by atoms with E-state index in [1.165, 1.54) is 12.1 Å². The van der Waals surface area contributed by atoms with Gasteiger partial charge in [0, 0.05) is 31.3 Å². The van der Waals surface area contributed by atoms with Crippen LogP contribution in [0.4, 0.5) is 5.69 Å². The average molecular weight is 381 g/mol. The van der Waals surface area contributed by atoms with Crippen molar-refractivity contribution in [1.29, 1.82) is 5.26 Å². The Bertz CT molecular complexity index is 828. The monoisotopic (exact) mass is 381 g/mol. The van der Waals surface area contributed by atoms with E-state index < -0.39 is 4.92 Å². The number of non-ortho nitro benzene ring substituents is 1. The Morgan fingerprint density at radius 2 is 1.82 bits per heavy atom. The van der Waals surface area contributed by atoms with Crippen LogP contribution in [0.1, 0.15) is 37.3 Å². The van der Waals surface area contributed by atoms with Gasteiger partial charge in [0.1, 0.15) is 17.5 Å². The van der Waals surface area contributed by atoms with Crippen LogP contribution in [0, 0.1) is 21.4 Å². The van der Waals surface area contributed by atoms with Crippen molar-refractivity contribution in [3.8, 4) is 17.6 Å². The molecule has 0 spiro atoms. The Morgan fingerprint density at radius 3 is 2.39 bits per heavy atom. The summed E-state index contributed by atoms with van der Waals surface area (Å²) in [4.78, 5) is 12.4. The number of nitro groups is 1. The quantitative estimate of drug-likeness (QED) is 0.570. The van der Waals surface area contributed by atoms with Crippen molar-refractivity contribution in [3.63, 3.8) is 0 Å². The molecule has 1 aliphatic rings. The van der Waals surface area contributed by atoms with Crippen LogP contribution in [-0.2, 0) is 0 Å². The standard InChI is InChI=1S/C21H23N3O4/c22-15-21(23-13-2-1-3-17(23)12-14-25)16-4-8-19(9-5-16)28-20-10-6-18(7-11-20)24(26)27/h4-11,17,21,25H,1-3,12-14H2. The van der Waals surface area contributed by atoms with E-state index in [1.807, 2.05) is 12.1 Å². The van der Waals surface area contributed by atoms with E-state index in [4.69, 9.17) is 4.74 Å². The van der Waals surface area contributed by atoms with E-state index in [2.05, 4.69) is 11.0 Å². The average Bonchev–Trinajstić information content (AvgIpc) is 2.72. The van der Waals surface area contributed by atoms with Crippen molar-refractivity contribution in [3.05, 3.63) is 64.2 Å². The fourth-order valence-electron chi connectivity index (χ4n) is 3.65. The van der Waals surface area contributed by atoms with Gasteiger partial charge in [-0.3, -0.25) is 15.0 Å². The maximum absolute atomic E-state index is 10.7. The molecule has 0 amide bonds. The molecule has 0 aromatic heterocycles. The molecule has 1 saturated heterocycles. The molecule has 2 unspecified atom stereocenters. The highest BCUT2D eigenvalue weighted by Crippen LogP contribution is 2.31. The third kappa shape index (κ3) is 4.66. The lowest BCUT2D eigenvalue weighted by Crippen LogP contribution is -2.42. The molecule has 0 bridgehead atoms. The number of benzene rings is 2. The number of piperidine rings is 1. The van der Waals surface area contributed by atoms with Gasteiger partial charge in [-0.2, -0.15) is 5.26 Å². The van der Waals surface area contributed by atoms with Gasteiger partial charge in [-0.15, -0.1) is 0 Å². The molecule has 3 rings (SSSR count). The van der Waals surface area contributed by atoms with Crippen LogP contribution in [0.3, 0.4) is 0 Å². The Hall–Kier alpha value is -2.95. The van der Waals surface area contributed by atoms with E-state index in [0.29, 0.717) is 17.9 Å². The van der Waals surface area contributed by atoms with Crippen molar-refractivity contribution < 1.29 is 14.8 Å². The largest absolute Gasteiger partial charge is 0.457 e. The van der Waals surface area contributed by atoms with Crippen LogP contribution < -0.4 is 4.74 Å². The molecule has 2 aromatic rings. The first-order chi connectivity index (χ1) is 13.6. The molecule has 1 aliphatic heterocycles. The zero-order chi connectivity index (χ0) is 19.9. The molecule has 2 aromatic carbocycles. The molecule has 2 atom stereocenters. The third-order valence-corrected chi connectivity index (χ3v) is 5.07. The smallest absolute Gasteiger partial charge is 0.269 e. The van der Waals surface area contributed by atoms with Crippen LogP contribution in [-0.4, -0.2) is 34.1 Å². The van der Waals surface area contributed by atoms with Crippen LogP contribution in [0.2, 0.25) is 0 Å². The minimum atomic E-state index is -0.453. The second-order valence-electron chi connectivity index (χ2n) is 6.85. The molecule has 1 heterocycles. The molecule has 146 valence electrons. The minimum Gasteiger partial charge on any atom is -0.457 e. The van der Waals surface area contributed by atoms with Crippen molar-refractivity contribution in [2.45, 2.75) is 37.8 Å². The minimum absolute atomic E-state index is 0.0125. The van der Waals surface area contributed by atoms with Gasteiger partial charge in [-0.25, -0.2) is 0 Å². The van der Waals surface area contributed by atoms with Gasteiger partial charge in [-0.05, 0) is 49.1 Å². The predicted molar refractivity (Wildman–Crippen MR) is 104 cm³/mol. The Balaban J connectivity index is 1.71. The number of aliphatic hydroxyl groups excluding tert-OH is 1. The molecule has 7 nitrogen and oxygen atoms in total. The molecule has 0 saturated carbocycles. The first-order valence-electron chi connectivity index (χ1n) is 9.41. The zero-order valence-electron chi connectivity index (χ0n) is 15.5. The number of nitrogens with zero attached hydrogens (tertiary/aromatic N) is 3. The summed E-state index contributed by atoms with van der Waals surface area (Å²) in [7, 11) is 0. The van der Waals surface area contributed by atoms with E-state index in [-0.39, 0.29) is 24.4 Å². The highest BCUT2D eigenvalue weighted by Gasteiger charge is 2.29. The van der Waals surface area contributed by atoms with Crippen LogP contribution >= 0.6 is 0 Å². The summed E-state index contributed by atoms with van der Waals surface area (Å²) in [6.45, 7) is 0.977. The highest BCUT2D eigenvalue weighted by atomic mass is 16.6. The number of hydrogen-bond acceptors (Lipinski definition) is 6. The van der Waals surface area contributed by atoms with E-state index in [0.717, 1.165) is 31.4 Å². The van der Waals surface area contributed by atoms with Gasteiger partial charge < -0.3 is 9.84 Å². The molecular formula is C21H23N3O4. The second kappa shape index (κ2) is 9.31. The summed E-state index contributed by atoms with van der Waals surface area (Å²) < 4.78 is 5.73. The summed E-state index contributed by atoms with van der Waals surface area (Å²) in [6.07, 6.45) is 3.86. The Labute approximate surface area is 163 Å². The molecule has 7 heteroatoms. The normalized spacial score (nSPS) is 18.2. The summed E-state index contributed by atoms with van der Waals surface area (Å²) >= 11 is 0. The van der Waals surface area contributed by atoms with Crippen molar-refractivity contribution >= 4 is 5.69 Å². The molecule has 0 aliphatic carbocycles. The number of nitro benzene ring substituents is 1. The Kier molecular flexibility index (Phi) is 6.58. The van der Waals surface area contributed by atoms with E-state index in [1.54, 1.807) is 24.3 Å². The lowest BCUT2D eigenvalue weighted by Gasteiger charge is -2.38. The van der Waals surface area contributed by atoms with Crippen molar-refractivity contribution in [2.24, 2.45) is 0 Å². The molecule has 1 N–H and O–H groups in total. The maximum atomic E-state index is 10.7. The SMILES string of the molecule is N#CC(c1ccc(Oc2ccc([N+](=O)[O-])cc2)cc1)N1CCCCC1CCO. The lowest BCUT2D eigenvalue weighted by atomic mass is 9.95. The number of likely N-dealkylation sites (tertiary alicyclic amines) is 1. The van der Waals surface area contributed by atoms with Gasteiger partial charge in [0.15, 0.2) is 0 Å². The maximum Gasteiger partial charge on any atom is 0.269 e. The molecule has 1 fully saturated rings. The topological polar surface area (TPSA) is 99.6 Å². The van der Waals surface area contributed by atoms with Crippen LogP contribution in [0.15, 0.2) is 48.5 Å². The fourth-order valence-corrected chi connectivity index (χ4v) is 3.65. The third-order valence-electron chi connectivity index (χ3n) is 5.07. The number of rotatable bonds is 7. The van der Waals surface area contributed by atoms with Gasteiger partial charge in [-0.1, -0.05) is 18.6 Å². The van der Waals surface area contributed by atoms with Crippen molar-refractivity contribution in [1.82, 2.24) is 4.90 Å². The summed E-state index contributed by atoms with van der Waals surface area (Å²) in [6, 6.07) is 15.5. The number of ether oxygens (including phenoxy) is 1. The number of hydrogen-bond donors (Lipinski definition) is 1. The van der Waals surface area contributed by atoms with E-state index >= 15 is 0 Å². The Morgan fingerprint density at radius 1 is 1.18 bits per heavy atom. The van der Waals surface area contributed by atoms with Gasteiger partial charge in [0.2, 0.25) is 0 Å². The second-order valence-corrected chi connectivity index (χ2v) is 6.85. The first kappa shape index (κ1) is 19.8. The summed E-state index contributed by atoms with van der Waals surface area (Å²) in [5, 5.41) is 29.8. The molecule has 28 heavy (non-hydrogen) atoms. The van der Waals surface area contributed by atoms with Gasteiger partial charge in [0.25, 0.3) is 5.69 Å². The summed E-state index contributed by atoms with van der Waals surface area (Å²) in [5.74, 6) is 1.11. The lowest BCUT2D eigenvalue weighted by molar-refractivity contribution is -0.384. The van der Waals surface area contributed by atoms with Gasteiger partial charge >= 0.3 is 0 Å². The number of nitriles is 1. The highest BCUT2D eigenvalue weighted by molar-refractivity contribution is 5.39.